The SMILES string of the molecule is CCOC(=O)NC1CC2CCC1(C)C2(C)C. The summed E-state index contributed by atoms with van der Waals surface area (Å²) in [5.74, 6) is 0.754. The van der Waals surface area contributed by atoms with Crippen molar-refractivity contribution in [1.82, 2.24) is 5.32 Å². The Labute approximate surface area is 97.9 Å². The van der Waals surface area contributed by atoms with Gasteiger partial charge in [0.05, 0.1) is 6.61 Å². The summed E-state index contributed by atoms with van der Waals surface area (Å²) in [6.07, 6.45) is 3.39. The maximum absolute atomic E-state index is 11.5. The zero-order chi connectivity index (χ0) is 12.0. The summed E-state index contributed by atoms with van der Waals surface area (Å²) in [6, 6.07) is 0.292. The summed E-state index contributed by atoms with van der Waals surface area (Å²) >= 11 is 0. The standard InChI is InChI=1S/C13H23NO2/c1-5-16-11(15)14-10-8-9-6-7-13(10,4)12(9,2)3/h9-10H,5-8H2,1-4H3,(H,14,15). The topological polar surface area (TPSA) is 38.3 Å². The van der Waals surface area contributed by atoms with E-state index >= 15 is 0 Å². The van der Waals surface area contributed by atoms with Crippen molar-refractivity contribution in [2.45, 2.75) is 53.0 Å². The van der Waals surface area contributed by atoms with Gasteiger partial charge in [0.25, 0.3) is 0 Å². The van der Waals surface area contributed by atoms with Crippen molar-refractivity contribution in [1.29, 1.82) is 0 Å². The van der Waals surface area contributed by atoms with Gasteiger partial charge in [0, 0.05) is 6.04 Å². The molecule has 3 atom stereocenters. The Kier molecular flexibility index (Phi) is 2.67. The number of hydrogen-bond donors (Lipinski definition) is 1. The fourth-order valence-electron chi connectivity index (χ4n) is 3.74. The van der Waals surface area contributed by atoms with Gasteiger partial charge >= 0.3 is 6.09 Å². The Morgan fingerprint density at radius 2 is 2.12 bits per heavy atom. The van der Waals surface area contributed by atoms with Crippen LogP contribution in [-0.4, -0.2) is 18.7 Å². The molecule has 2 saturated carbocycles. The lowest BCUT2D eigenvalue weighted by atomic mass is 9.69. The number of hydrogen-bond acceptors (Lipinski definition) is 2. The molecule has 0 spiro atoms. The van der Waals surface area contributed by atoms with E-state index in [9.17, 15) is 4.79 Å². The van der Waals surface area contributed by atoms with E-state index in [2.05, 4.69) is 26.1 Å². The van der Waals surface area contributed by atoms with Gasteiger partial charge in [0.15, 0.2) is 0 Å². The minimum atomic E-state index is -0.253. The van der Waals surface area contributed by atoms with Crippen molar-refractivity contribution in [3.05, 3.63) is 0 Å². The van der Waals surface area contributed by atoms with E-state index in [0.29, 0.717) is 18.1 Å². The van der Waals surface area contributed by atoms with E-state index in [1.165, 1.54) is 12.8 Å². The second-order valence-electron chi connectivity index (χ2n) is 6.03. The molecule has 1 amide bonds. The molecule has 2 rings (SSSR count). The van der Waals surface area contributed by atoms with Crippen molar-refractivity contribution in [3.8, 4) is 0 Å². The molecule has 3 nitrogen and oxygen atoms in total. The van der Waals surface area contributed by atoms with Gasteiger partial charge < -0.3 is 10.1 Å². The van der Waals surface area contributed by atoms with E-state index in [1.54, 1.807) is 0 Å². The van der Waals surface area contributed by atoms with Crippen LogP contribution in [0.25, 0.3) is 0 Å². The highest BCUT2D eigenvalue weighted by Crippen LogP contribution is 2.65. The van der Waals surface area contributed by atoms with Crippen LogP contribution in [0.5, 0.6) is 0 Å². The van der Waals surface area contributed by atoms with E-state index in [0.717, 1.165) is 12.3 Å². The smallest absolute Gasteiger partial charge is 0.407 e. The highest BCUT2D eigenvalue weighted by atomic mass is 16.5. The first-order chi connectivity index (χ1) is 7.41. The van der Waals surface area contributed by atoms with Crippen molar-refractivity contribution >= 4 is 6.09 Å². The lowest BCUT2D eigenvalue weighted by Gasteiger charge is -2.39. The number of ether oxygens (including phenoxy) is 1. The molecule has 0 aliphatic heterocycles. The van der Waals surface area contributed by atoms with Crippen LogP contribution in [0, 0.1) is 16.7 Å². The molecule has 92 valence electrons. The predicted molar refractivity (Wildman–Crippen MR) is 63.2 cm³/mol. The first-order valence-corrected chi connectivity index (χ1v) is 6.35. The van der Waals surface area contributed by atoms with Crippen LogP contribution in [0.15, 0.2) is 0 Å². The van der Waals surface area contributed by atoms with E-state index in [4.69, 9.17) is 4.74 Å². The average molecular weight is 225 g/mol. The molecule has 0 aromatic carbocycles. The second kappa shape index (κ2) is 3.64. The van der Waals surface area contributed by atoms with Crippen LogP contribution < -0.4 is 5.32 Å². The van der Waals surface area contributed by atoms with E-state index < -0.39 is 0 Å². The Morgan fingerprint density at radius 1 is 1.44 bits per heavy atom. The van der Waals surface area contributed by atoms with Gasteiger partial charge in [0.2, 0.25) is 0 Å². The van der Waals surface area contributed by atoms with Crippen LogP contribution in [0.3, 0.4) is 0 Å². The molecule has 0 aromatic rings. The van der Waals surface area contributed by atoms with Crippen LogP contribution in [0.4, 0.5) is 4.79 Å². The Bertz CT molecular complexity index is 300. The number of carbonyl (C=O) groups is 1. The summed E-state index contributed by atoms with van der Waals surface area (Å²) in [4.78, 5) is 11.5. The molecule has 16 heavy (non-hydrogen) atoms. The highest BCUT2D eigenvalue weighted by molar-refractivity contribution is 5.67. The molecule has 3 heteroatoms. The normalized spacial score (nSPS) is 39.8. The van der Waals surface area contributed by atoms with Crippen LogP contribution in [-0.2, 0) is 4.74 Å². The molecule has 2 fully saturated rings. The molecule has 2 aliphatic carbocycles. The number of fused-ring (bicyclic) bond motifs is 2. The highest BCUT2D eigenvalue weighted by Gasteiger charge is 2.61. The summed E-state index contributed by atoms with van der Waals surface area (Å²) in [6.45, 7) is 9.29. The molecular weight excluding hydrogens is 202 g/mol. The molecule has 0 aromatic heterocycles. The monoisotopic (exact) mass is 225 g/mol. The zero-order valence-electron chi connectivity index (χ0n) is 10.8. The molecule has 2 aliphatic rings. The van der Waals surface area contributed by atoms with Gasteiger partial charge in [0.1, 0.15) is 0 Å². The van der Waals surface area contributed by atoms with Gasteiger partial charge in [-0.05, 0) is 42.9 Å². The largest absolute Gasteiger partial charge is 0.450 e. The molecule has 0 heterocycles. The predicted octanol–water partition coefficient (Wildman–Crippen LogP) is 2.95. The van der Waals surface area contributed by atoms with E-state index in [1.807, 2.05) is 6.92 Å². The molecule has 0 radical (unpaired) electrons. The lowest BCUT2D eigenvalue weighted by molar-refractivity contribution is 0.104. The molecule has 0 saturated heterocycles. The van der Waals surface area contributed by atoms with Crippen molar-refractivity contribution in [3.63, 3.8) is 0 Å². The lowest BCUT2D eigenvalue weighted by Crippen LogP contribution is -2.47. The number of carbonyl (C=O) groups excluding carboxylic acids is 1. The van der Waals surface area contributed by atoms with Gasteiger partial charge in [-0.3, -0.25) is 0 Å². The Morgan fingerprint density at radius 3 is 2.56 bits per heavy atom. The molecular formula is C13H23NO2. The Hall–Kier alpha value is -0.730. The van der Waals surface area contributed by atoms with Crippen molar-refractivity contribution < 1.29 is 9.53 Å². The fraction of sp³-hybridized carbons (Fsp3) is 0.923. The average Bonchev–Trinajstić information content (AvgIpc) is 2.51. The van der Waals surface area contributed by atoms with Crippen LogP contribution in [0.1, 0.15) is 47.0 Å². The third-order valence-electron chi connectivity index (χ3n) is 5.36. The van der Waals surface area contributed by atoms with Crippen LogP contribution in [0.2, 0.25) is 0 Å². The number of amides is 1. The summed E-state index contributed by atoms with van der Waals surface area (Å²) < 4.78 is 4.97. The quantitative estimate of drug-likeness (QED) is 0.784. The maximum atomic E-state index is 11.5. The fourth-order valence-corrected chi connectivity index (χ4v) is 3.74. The minimum Gasteiger partial charge on any atom is -0.450 e. The molecule has 3 unspecified atom stereocenters. The van der Waals surface area contributed by atoms with Gasteiger partial charge in [-0.2, -0.15) is 0 Å². The summed E-state index contributed by atoms with van der Waals surface area (Å²) in [5, 5.41) is 3.05. The van der Waals surface area contributed by atoms with Crippen molar-refractivity contribution in [2.24, 2.45) is 16.7 Å². The van der Waals surface area contributed by atoms with E-state index in [-0.39, 0.29) is 11.5 Å². The first-order valence-electron chi connectivity index (χ1n) is 6.35. The molecule has 2 bridgehead atoms. The number of rotatable bonds is 2. The first kappa shape index (κ1) is 11.7. The number of alkyl carbamates (subject to hydrolysis) is 1. The second-order valence-corrected chi connectivity index (χ2v) is 6.03. The van der Waals surface area contributed by atoms with Crippen LogP contribution >= 0.6 is 0 Å². The zero-order valence-corrected chi connectivity index (χ0v) is 10.8. The van der Waals surface area contributed by atoms with Gasteiger partial charge in [-0.25, -0.2) is 4.79 Å². The third-order valence-corrected chi connectivity index (χ3v) is 5.36. The summed E-state index contributed by atoms with van der Waals surface area (Å²) in [7, 11) is 0. The minimum absolute atomic E-state index is 0.241. The summed E-state index contributed by atoms with van der Waals surface area (Å²) in [5.41, 5.74) is 0.585. The Balaban J connectivity index is 2.07. The van der Waals surface area contributed by atoms with Gasteiger partial charge in [-0.15, -0.1) is 0 Å². The molecule has 1 N–H and O–H groups in total. The van der Waals surface area contributed by atoms with Gasteiger partial charge in [-0.1, -0.05) is 20.8 Å². The van der Waals surface area contributed by atoms with Crippen molar-refractivity contribution in [2.75, 3.05) is 6.61 Å². The third kappa shape index (κ3) is 1.44. The number of nitrogens with one attached hydrogen (secondary N) is 1. The maximum Gasteiger partial charge on any atom is 0.407 e.